The van der Waals surface area contributed by atoms with Crippen LogP contribution in [0.1, 0.15) is 16.7 Å². The van der Waals surface area contributed by atoms with E-state index in [1.165, 1.54) is 12.4 Å². The molecule has 2 rings (SSSR count). The number of nitrogens with zero attached hydrogens (tertiary/aromatic N) is 2. The van der Waals surface area contributed by atoms with E-state index in [9.17, 15) is 4.39 Å². The lowest BCUT2D eigenvalue weighted by Gasteiger charge is -2.02. The molecular formula is C13H13FN4. The summed E-state index contributed by atoms with van der Waals surface area (Å²) >= 11 is 0. The van der Waals surface area contributed by atoms with Gasteiger partial charge in [0.2, 0.25) is 0 Å². The minimum atomic E-state index is -0.248. The maximum absolute atomic E-state index is 13.4. The predicted octanol–water partition coefficient (Wildman–Crippen LogP) is 2.26. The van der Waals surface area contributed by atoms with Gasteiger partial charge in [0.25, 0.3) is 0 Å². The van der Waals surface area contributed by atoms with Crippen LogP contribution in [0.15, 0.2) is 24.5 Å². The van der Waals surface area contributed by atoms with Crippen molar-refractivity contribution in [2.24, 2.45) is 0 Å². The van der Waals surface area contributed by atoms with Crippen molar-refractivity contribution in [2.45, 2.75) is 6.92 Å². The van der Waals surface area contributed by atoms with Crippen molar-refractivity contribution in [3.63, 3.8) is 0 Å². The van der Waals surface area contributed by atoms with Crippen LogP contribution in [0.25, 0.3) is 12.2 Å². The topological polar surface area (TPSA) is 77.8 Å². The fourth-order valence-corrected chi connectivity index (χ4v) is 1.49. The Morgan fingerprint density at radius 1 is 1.11 bits per heavy atom. The molecule has 0 bridgehead atoms. The number of nitrogen functional groups attached to an aromatic ring is 2. The number of halogens is 1. The zero-order valence-corrected chi connectivity index (χ0v) is 9.89. The van der Waals surface area contributed by atoms with Gasteiger partial charge >= 0.3 is 0 Å². The van der Waals surface area contributed by atoms with Gasteiger partial charge in [-0.25, -0.2) is 14.4 Å². The first kappa shape index (κ1) is 12.0. The maximum atomic E-state index is 13.4. The van der Waals surface area contributed by atoms with Gasteiger partial charge in [-0.2, -0.15) is 0 Å². The van der Waals surface area contributed by atoms with Gasteiger partial charge in [-0.1, -0.05) is 18.2 Å². The van der Waals surface area contributed by atoms with Gasteiger partial charge in [0.15, 0.2) is 0 Å². The van der Waals surface area contributed by atoms with Crippen molar-refractivity contribution < 1.29 is 4.39 Å². The lowest BCUT2D eigenvalue weighted by atomic mass is 10.1. The van der Waals surface area contributed by atoms with E-state index >= 15 is 0 Å². The van der Waals surface area contributed by atoms with Crippen LogP contribution in [0.3, 0.4) is 0 Å². The van der Waals surface area contributed by atoms with Crippen molar-refractivity contribution in [2.75, 3.05) is 11.5 Å². The highest BCUT2D eigenvalue weighted by molar-refractivity contribution is 5.79. The molecule has 0 atom stereocenters. The Balaban J connectivity index is 2.33. The average molecular weight is 244 g/mol. The summed E-state index contributed by atoms with van der Waals surface area (Å²) in [6, 6.07) is 4.97. The lowest BCUT2D eigenvalue weighted by Crippen LogP contribution is -2.00. The molecule has 18 heavy (non-hydrogen) atoms. The second-order valence-electron chi connectivity index (χ2n) is 3.90. The zero-order chi connectivity index (χ0) is 13.1. The molecule has 0 unspecified atom stereocenters. The van der Waals surface area contributed by atoms with Crippen LogP contribution in [0, 0.1) is 12.7 Å². The molecule has 4 nitrogen and oxygen atoms in total. The molecule has 0 aliphatic rings. The third-order valence-corrected chi connectivity index (χ3v) is 2.58. The molecule has 0 spiro atoms. The summed E-state index contributed by atoms with van der Waals surface area (Å²) in [6.45, 7) is 1.71. The number of aryl methyl sites for hydroxylation is 1. The van der Waals surface area contributed by atoms with E-state index in [1.807, 2.05) is 6.07 Å². The second-order valence-corrected chi connectivity index (χ2v) is 3.90. The fraction of sp³-hybridized carbons (Fsp3) is 0.0769. The maximum Gasteiger partial charge on any atom is 0.136 e. The largest absolute Gasteiger partial charge is 0.383 e. The van der Waals surface area contributed by atoms with Crippen molar-refractivity contribution in [3.8, 4) is 0 Å². The normalized spacial score (nSPS) is 11.0. The molecule has 0 saturated heterocycles. The Labute approximate surface area is 104 Å². The van der Waals surface area contributed by atoms with Gasteiger partial charge < -0.3 is 11.5 Å². The first-order valence-corrected chi connectivity index (χ1v) is 5.38. The zero-order valence-electron chi connectivity index (χ0n) is 9.89. The van der Waals surface area contributed by atoms with E-state index in [0.717, 1.165) is 5.56 Å². The summed E-state index contributed by atoms with van der Waals surface area (Å²) in [4.78, 5) is 7.69. The molecule has 2 aromatic rings. The number of benzene rings is 1. The number of rotatable bonds is 2. The summed E-state index contributed by atoms with van der Waals surface area (Å²) in [6.07, 6.45) is 4.69. The monoisotopic (exact) mass is 244 g/mol. The third-order valence-electron chi connectivity index (χ3n) is 2.58. The Morgan fingerprint density at radius 3 is 2.39 bits per heavy atom. The van der Waals surface area contributed by atoms with Gasteiger partial charge in [-0.05, 0) is 30.2 Å². The molecule has 0 aliphatic carbocycles. The van der Waals surface area contributed by atoms with Crippen molar-refractivity contribution >= 4 is 23.8 Å². The summed E-state index contributed by atoms with van der Waals surface area (Å²) in [5.74, 6) is 0.347. The molecule has 0 fully saturated rings. The molecule has 0 amide bonds. The van der Waals surface area contributed by atoms with E-state index in [2.05, 4.69) is 9.97 Å². The highest BCUT2D eigenvalue weighted by atomic mass is 19.1. The second kappa shape index (κ2) is 4.83. The Morgan fingerprint density at radius 2 is 1.78 bits per heavy atom. The number of aromatic nitrogens is 2. The van der Waals surface area contributed by atoms with Gasteiger partial charge in [-0.15, -0.1) is 0 Å². The van der Waals surface area contributed by atoms with Crippen LogP contribution < -0.4 is 11.5 Å². The Kier molecular flexibility index (Phi) is 3.23. The van der Waals surface area contributed by atoms with Gasteiger partial charge in [0, 0.05) is 0 Å². The van der Waals surface area contributed by atoms with Crippen LogP contribution in [0.2, 0.25) is 0 Å². The van der Waals surface area contributed by atoms with Crippen molar-refractivity contribution in [1.29, 1.82) is 0 Å². The molecule has 1 heterocycles. The molecule has 0 saturated carbocycles. The molecule has 1 aromatic heterocycles. The lowest BCUT2D eigenvalue weighted by molar-refractivity contribution is 0.618. The highest BCUT2D eigenvalue weighted by Gasteiger charge is 2.02. The van der Waals surface area contributed by atoms with Crippen molar-refractivity contribution in [1.82, 2.24) is 9.97 Å². The Hall–Kier alpha value is -2.43. The minimum absolute atomic E-state index is 0.248. The van der Waals surface area contributed by atoms with E-state index in [-0.39, 0.29) is 5.82 Å². The first-order valence-electron chi connectivity index (χ1n) is 5.38. The van der Waals surface area contributed by atoms with Crippen molar-refractivity contribution in [3.05, 3.63) is 47.0 Å². The Bertz CT molecular complexity index is 588. The molecule has 92 valence electrons. The standard InChI is InChI=1S/C13H13FN4/c1-8-2-3-9(6-11(8)14)4-5-10-12(15)17-7-18-13(10)16/h2-7H,1H3,(H4,15,16,17,18)/b5-4+. The van der Waals surface area contributed by atoms with Crippen LogP contribution in [-0.2, 0) is 0 Å². The van der Waals surface area contributed by atoms with Gasteiger partial charge in [0.05, 0.1) is 5.56 Å². The molecular weight excluding hydrogens is 231 g/mol. The number of nitrogens with two attached hydrogens (primary N) is 2. The molecule has 4 N–H and O–H groups in total. The average Bonchev–Trinajstić information content (AvgIpc) is 2.33. The summed E-state index contributed by atoms with van der Waals surface area (Å²) in [5, 5.41) is 0. The van der Waals surface area contributed by atoms with E-state index in [0.29, 0.717) is 22.8 Å². The van der Waals surface area contributed by atoms with Gasteiger partial charge in [-0.3, -0.25) is 0 Å². The highest BCUT2D eigenvalue weighted by Crippen LogP contribution is 2.18. The molecule has 0 radical (unpaired) electrons. The number of hydrogen-bond donors (Lipinski definition) is 2. The summed E-state index contributed by atoms with van der Waals surface area (Å²) < 4.78 is 13.4. The molecule has 1 aromatic carbocycles. The van der Waals surface area contributed by atoms with Crippen LogP contribution in [0.5, 0.6) is 0 Å². The number of anilines is 2. The quantitative estimate of drug-likeness (QED) is 0.849. The van der Waals surface area contributed by atoms with Gasteiger partial charge in [0.1, 0.15) is 23.8 Å². The predicted molar refractivity (Wildman–Crippen MR) is 70.9 cm³/mol. The third kappa shape index (κ3) is 2.45. The van der Waals surface area contributed by atoms with E-state index in [4.69, 9.17) is 11.5 Å². The van der Waals surface area contributed by atoms with Crippen LogP contribution >= 0.6 is 0 Å². The SMILES string of the molecule is Cc1ccc(/C=C/c2c(N)ncnc2N)cc1F. The summed E-state index contributed by atoms with van der Waals surface area (Å²) in [7, 11) is 0. The summed E-state index contributed by atoms with van der Waals surface area (Å²) in [5.41, 5.74) is 13.2. The minimum Gasteiger partial charge on any atom is -0.383 e. The fourth-order valence-electron chi connectivity index (χ4n) is 1.49. The number of hydrogen-bond acceptors (Lipinski definition) is 4. The molecule has 0 aliphatic heterocycles. The van der Waals surface area contributed by atoms with E-state index < -0.39 is 0 Å². The molecule has 5 heteroatoms. The van der Waals surface area contributed by atoms with E-state index in [1.54, 1.807) is 25.1 Å². The smallest absolute Gasteiger partial charge is 0.136 e. The first-order chi connectivity index (χ1) is 8.58. The van der Waals surface area contributed by atoms with Crippen LogP contribution in [-0.4, -0.2) is 9.97 Å². The van der Waals surface area contributed by atoms with Crippen LogP contribution in [0.4, 0.5) is 16.0 Å².